The number of aryl methyl sites for hydroxylation is 1. The molecular weight excluding hydrogens is 331 g/mol. The summed E-state index contributed by atoms with van der Waals surface area (Å²) in [6, 6.07) is 14.7. The molecule has 1 atom stereocenters. The highest BCUT2D eigenvalue weighted by Gasteiger charge is 2.45. The maximum absolute atomic E-state index is 13.6. The predicted octanol–water partition coefficient (Wildman–Crippen LogP) is 3.14. The minimum atomic E-state index is -0.371. The zero-order valence-electron chi connectivity index (χ0n) is 15.0. The van der Waals surface area contributed by atoms with Gasteiger partial charge in [-0.3, -0.25) is 9.69 Å². The van der Waals surface area contributed by atoms with Crippen molar-refractivity contribution in [2.45, 2.75) is 25.5 Å². The number of carbonyl (C=O) groups is 1. The second-order valence-corrected chi connectivity index (χ2v) is 7.38. The molecule has 2 heterocycles. The van der Waals surface area contributed by atoms with Gasteiger partial charge in [0.15, 0.2) is 0 Å². The van der Waals surface area contributed by atoms with Crippen molar-refractivity contribution >= 4 is 11.6 Å². The van der Waals surface area contributed by atoms with Gasteiger partial charge >= 0.3 is 0 Å². The van der Waals surface area contributed by atoms with E-state index in [0.29, 0.717) is 12.2 Å². The van der Waals surface area contributed by atoms with Gasteiger partial charge in [-0.25, -0.2) is 4.39 Å². The number of anilines is 1. The summed E-state index contributed by atoms with van der Waals surface area (Å²) in [5.74, 6) is -0.443. The first-order valence-corrected chi connectivity index (χ1v) is 9.01. The molecule has 0 aromatic heterocycles. The van der Waals surface area contributed by atoms with E-state index in [0.717, 1.165) is 26.1 Å². The van der Waals surface area contributed by atoms with Crippen LogP contribution in [0.1, 0.15) is 17.5 Å². The molecule has 1 spiro atoms. The fourth-order valence-corrected chi connectivity index (χ4v) is 3.97. The van der Waals surface area contributed by atoms with Crippen LogP contribution in [0.5, 0.6) is 0 Å². The van der Waals surface area contributed by atoms with Crippen LogP contribution in [0, 0.1) is 12.7 Å². The van der Waals surface area contributed by atoms with E-state index in [1.54, 1.807) is 17.0 Å². The lowest BCUT2D eigenvalue weighted by molar-refractivity contribution is -0.137. The van der Waals surface area contributed by atoms with E-state index in [9.17, 15) is 9.18 Å². The lowest BCUT2D eigenvalue weighted by Crippen LogP contribution is -2.56. The molecule has 1 amide bonds. The first-order valence-electron chi connectivity index (χ1n) is 9.01. The number of halogens is 1. The van der Waals surface area contributed by atoms with Gasteiger partial charge in [-0.15, -0.1) is 0 Å². The summed E-state index contributed by atoms with van der Waals surface area (Å²) < 4.78 is 19.6. The molecule has 0 N–H and O–H groups in total. The molecule has 2 aromatic rings. The Hall–Kier alpha value is -2.24. The maximum atomic E-state index is 13.6. The van der Waals surface area contributed by atoms with Gasteiger partial charge in [0.05, 0.1) is 6.54 Å². The summed E-state index contributed by atoms with van der Waals surface area (Å²) in [5.41, 5.74) is 2.78. The van der Waals surface area contributed by atoms with Crippen molar-refractivity contribution in [3.8, 4) is 0 Å². The fourth-order valence-electron chi connectivity index (χ4n) is 3.97. The number of ether oxygens (including phenoxy) is 1. The minimum Gasteiger partial charge on any atom is -0.362 e. The van der Waals surface area contributed by atoms with Gasteiger partial charge in [0.1, 0.15) is 18.0 Å². The lowest BCUT2D eigenvalue weighted by Gasteiger charge is -2.40. The average molecular weight is 354 g/mol. The second kappa shape index (κ2) is 6.82. The third-order valence-electron chi connectivity index (χ3n) is 5.25. The van der Waals surface area contributed by atoms with E-state index < -0.39 is 0 Å². The van der Waals surface area contributed by atoms with Gasteiger partial charge in [-0.1, -0.05) is 35.9 Å². The van der Waals surface area contributed by atoms with Gasteiger partial charge in [0.25, 0.3) is 5.91 Å². The van der Waals surface area contributed by atoms with E-state index >= 15 is 0 Å². The zero-order valence-corrected chi connectivity index (χ0v) is 15.0. The molecule has 2 aliphatic heterocycles. The molecule has 0 radical (unpaired) electrons. The highest BCUT2D eigenvalue weighted by molar-refractivity contribution is 5.95. The Kier molecular flexibility index (Phi) is 4.51. The Morgan fingerprint density at radius 3 is 2.81 bits per heavy atom. The number of carbonyl (C=O) groups excluding carboxylic acids is 1. The van der Waals surface area contributed by atoms with Crippen LogP contribution >= 0.6 is 0 Å². The predicted molar refractivity (Wildman–Crippen MR) is 98.5 cm³/mol. The van der Waals surface area contributed by atoms with E-state index in [1.807, 2.05) is 0 Å². The molecule has 2 fully saturated rings. The van der Waals surface area contributed by atoms with E-state index in [4.69, 9.17) is 4.74 Å². The standard InChI is InChI=1S/C21H23FN2O2/c1-16-4-2-5-17(10-16)12-23-9-8-21(14-23)15-24(20(25)13-26-21)19-7-3-6-18(22)11-19/h2-7,10-11H,8-9,12-15H2,1H3. The summed E-state index contributed by atoms with van der Waals surface area (Å²) in [5, 5.41) is 0. The van der Waals surface area contributed by atoms with Crippen LogP contribution in [0.4, 0.5) is 10.1 Å². The molecule has 4 rings (SSSR count). The van der Waals surface area contributed by atoms with Crippen molar-refractivity contribution in [1.82, 2.24) is 4.90 Å². The number of rotatable bonds is 3. The number of morpholine rings is 1. The van der Waals surface area contributed by atoms with Crippen LogP contribution in [0.3, 0.4) is 0 Å². The molecule has 26 heavy (non-hydrogen) atoms. The summed E-state index contributed by atoms with van der Waals surface area (Å²) in [7, 11) is 0. The van der Waals surface area contributed by atoms with Crippen molar-refractivity contribution in [1.29, 1.82) is 0 Å². The van der Waals surface area contributed by atoms with Crippen molar-refractivity contribution in [2.24, 2.45) is 0 Å². The van der Waals surface area contributed by atoms with Crippen molar-refractivity contribution in [3.05, 3.63) is 65.5 Å². The first kappa shape index (κ1) is 17.2. The largest absolute Gasteiger partial charge is 0.362 e. The van der Waals surface area contributed by atoms with E-state index in [2.05, 4.69) is 36.1 Å². The van der Waals surface area contributed by atoms with Gasteiger partial charge in [0.2, 0.25) is 0 Å². The molecule has 0 bridgehead atoms. The smallest absolute Gasteiger partial charge is 0.253 e. The Morgan fingerprint density at radius 2 is 2.00 bits per heavy atom. The van der Waals surface area contributed by atoms with Crippen LogP contribution in [0.15, 0.2) is 48.5 Å². The molecule has 0 saturated carbocycles. The van der Waals surface area contributed by atoms with Crippen LogP contribution in [0.2, 0.25) is 0 Å². The van der Waals surface area contributed by atoms with E-state index in [-0.39, 0.29) is 23.9 Å². The number of amides is 1. The van der Waals surface area contributed by atoms with Crippen LogP contribution in [-0.2, 0) is 16.1 Å². The molecule has 4 nitrogen and oxygen atoms in total. The van der Waals surface area contributed by atoms with Crippen LogP contribution in [0.25, 0.3) is 0 Å². The third-order valence-corrected chi connectivity index (χ3v) is 5.25. The quantitative estimate of drug-likeness (QED) is 0.849. The zero-order chi connectivity index (χ0) is 18.1. The number of hydrogen-bond donors (Lipinski definition) is 0. The monoisotopic (exact) mass is 354 g/mol. The van der Waals surface area contributed by atoms with Crippen LogP contribution < -0.4 is 4.90 Å². The van der Waals surface area contributed by atoms with E-state index in [1.165, 1.54) is 23.3 Å². The Morgan fingerprint density at radius 1 is 1.15 bits per heavy atom. The number of likely N-dealkylation sites (tertiary alicyclic amines) is 1. The first-order chi connectivity index (χ1) is 12.5. The molecule has 2 saturated heterocycles. The molecule has 5 heteroatoms. The molecule has 2 aromatic carbocycles. The van der Waals surface area contributed by atoms with Crippen molar-refractivity contribution < 1.29 is 13.9 Å². The fraction of sp³-hybridized carbons (Fsp3) is 0.381. The molecule has 1 unspecified atom stereocenters. The SMILES string of the molecule is Cc1cccc(CN2CCC3(C2)CN(c2cccc(F)c2)C(=O)CO3)c1. The topological polar surface area (TPSA) is 32.8 Å². The number of hydrogen-bond acceptors (Lipinski definition) is 3. The summed E-state index contributed by atoms with van der Waals surface area (Å²) in [6.45, 7) is 5.20. The minimum absolute atomic E-state index is 0.0504. The van der Waals surface area contributed by atoms with Crippen molar-refractivity contribution in [2.75, 3.05) is 31.1 Å². The molecule has 0 aliphatic carbocycles. The summed E-state index contributed by atoms with van der Waals surface area (Å²) in [6.07, 6.45) is 0.873. The second-order valence-electron chi connectivity index (χ2n) is 7.38. The lowest BCUT2D eigenvalue weighted by atomic mass is 10.00. The molecule has 2 aliphatic rings. The average Bonchev–Trinajstić information content (AvgIpc) is 3.00. The van der Waals surface area contributed by atoms with Gasteiger partial charge < -0.3 is 9.64 Å². The Balaban J connectivity index is 1.48. The summed E-state index contributed by atoms with van der Waals surface area (Å²) in [4.78, 5) is 16.4. The van der Waals surface area contributed by atoms with Gasteiger partial charge in [-0.2, -0.15) is 0 Å². The summed E-state index contributed by atoms with van der Waals surface area (Å²) >= 11 is 0. The normalized spacial score (nSPS) is 23.8. The third kappa shape index (κ3) is 3.50. The number of benzene rings is 2. The molecule has 136 valence electrons. The van der Waals surface area contributed by atoms with Gasteiger partial charge in [0, 0.05) is 25.3 Å². The highest BCUT2D eigenvalue weighted by atomic mass is 19.1. The van der Waals surface area contributed by atoms with Crippen LogP contribution in [-0.4, -0.2) is 42.6 Å². The van der Waals surface area contributed by atoms with Crippen molar-refractivity contribution in [3.63, 3.8) is 0 Å². The molecular formula is C21H23FN2O2. The highest BCUT2D eigenvalue weighted by Crippen LogP contribution is 2.33. The Bertz CT molecular complexity index is 825. The van der Waals surface area contributed by atoms with Gasteiger partial charge in [-0.05, 0) is 37.1 Å². The Labute approximate surface area is 153 Å². The number of nitrogens with zero attached hydrogens (tertiary/aromatic N) is 2. The maximum Gasteiger partial charge on any atom is 0.253 e.